The first-order valence-corrected chi connectivity index (χ1v) is 3.48. The standard InChI is InChI=1S/C8H8N2O3/c9-8(13)5-2-1-3-6(7(5)12)10-4-11/h1-4,12H,(H2,9,13)(H,10,11). The predicted octanol–water partition coefficient (Wildman–Crippen LogP) is 0.0594. The molecule has 0 aliphatic rings. The van der Waals surface area contributed by atoms with Crippen LogP contribution in [0.2, 0.25) is 0 Å². The summed E-state index contributed by atoms with van der Waals surface area (Å²) >= 11 is 0. The van der Waals surface area contributed by atoms with Crippen molar-refractivity contribution in [1.29, 1.82) is 0 Å². The molecular weight excluding hydrogens is 172 g/mol. The second kappa shape index (κ2) is 3.57. The lowest BCUT2D eigenvalue weighted by atomic mass is 10.1. The normalized spacial score (nSPS) is 9.23. The van der Waals surface area contributed by atoms with Crippen molar-refractivity contribution in [3.63, 3.8) is 0 Å². The summed E-state index contributed by atoms with van der Waals surface area (Å²) in [6.45, 7) is 0. The van der Waals surface area contributed by atoms with Gasteiger partial charge in [-0.05, 0) is 12.1 Å². The predicted molar refractivity (Wildman–Crippen MR) is 46.3 cm³/mol. The Morgan fingerprint density at radius 3 is 2.77 bits per heavy atom. The average molecular weight is 180 g/mol. The molecule has 1 aromatic rings. The first kappa shape index (κ1) is 9.05. The Hall–Kier alpha value is -2.04. The smallest absolute Gasteiger partial charge is 0.252 e. The van der Waals surface area contributed by atoms with Crippen LogP contribution in [0.15, 0.2) is 18.2 Å². The Balaban J connectivity index is 3.17. The summed E-state index contributed by atoms with van der Waals surface area (Å²) in [5.74, 6) is -1.06. The van der Waals surface area contributed by atoms with E-state index in [1.807, 2.05) is 0 Å². The van der Waals surface area contributed by atoms with E-state index in [2.05, 4.69) is 5.32 Å². The van der Waals surface area contributed by atoms with Crippen molar-refractivity contribution in [2.24, 2.45) is 5.73 Å². The maximum absolute atomic E-state index is 10.7. The first-order valence-electron chi connectivity index (χ1n) is 3.48. The Kier molecular flexibility index (Phi) is 2.49. The van der Waals surface area contributed by atoms with E-state index >= 15 is 0 Å². The molecule has 1 aromatic carbocycles. The molecule has 0 unspecified atom stereocenters. The van der Waals surface area contributed by atoms with Crippen molar-refractivity contribution in [2.45, 2.75) is 0 Å². The molecule has 0 bridgehead atoms. The fourth-order valence-electron chi connectivity index (χ4n) is 0.922. The number of benzene rings is 1. The molecule has 0 radical (unpaired) electrons. The van der Waals surface area contributed by atoms with E-state index < -0.39 is 5.91 Å². The Bertz CT molecular complexity index is 349. The van der Waals surface area contributed by atoms with Gasteiger partial charge in [0, 0.05) is 0 Å². The quantitative estimate of drug-likeness (QED) is 0.453. The van der Waals surface area contributed by atoms with E-state index in [0.717, 1.165) is 0 Å². The van der Waals surface area contributed by atoms with Gasteiger partial charge in [0.15, 0.2) is 5.75 Å². The third kappa shape index (κ3) is 1.76. The molecule has 13 heavy (non-hydrogen) atoms. The van der Waals surface area contributed by atoms with Gasteiger partial charge in [-0.3, -0.25) is 9.59 Å². The lowest BCUT2D eigenvalue weighted by molar-refractivity contribution is -0.105. The van der Waals surface area contributed by atoms with Gasteiger partial charge in [0.1, 0.15) is 0 Å². The molecule has 0 fully saturated rings. The number of hydrogen-bond acceptors (Lipinski definition) is 3. The van der Waals surface area contributed by atoms with Crippen LogP contribution < -0.4 is 11.1 Å². The molecule has 4 N–H and O–H groups in total. The van der Waals surface area contributed by atoms with Crippen LogP contribution in [-0.4, -0.2) is 17.4 Å². The number of primary amides is 1. The number of carbonyl (C=O) groups is 2. The van der Waals surface area contributed by atoms with Gasteiger partial charge < -0.3 is 16.2 Å². The van der Waals surface area contributed by atoms with Crippen molar-refractivity contribution >= 4 is 18.0 Å². The molecule has 0 aliphatic carbocycles. The molecule has 0 heterocycles. The molecule has 0 aliphatic heterocycles. The minimum atomic E-state index is -0.743. The van der Waals surface area contributed by atoms with Gasteiger partial charge in [-0.25, -0.2) is 0 Å². The van der Waals surface area contributed by atoms with Crippen LogP contribution in [0.25, 0.3) is 0 Å². The van der Waals surface area contributed by atoms with E-state index in [9.17, 15) is 14.7 Å². The summed E-state index contributed by atoms with van der Waals surface area (Å²) in [5.41, 5.74) is 5.10. The summed E-state index contributed by atoms with van der Waals surface area (Å²) in [6, 6.07) is 4.33. The highest BCUT2D eigenvalue weighted by atomic mass is 16.3. The highest BCUT2D eigenvalue weighted by molar-refractivity contribution is 5.98. The van der Waals surface area contributed by atoms with Crippen LogP contribution in [-0.2, 0) is 4.79 Å². The van der Waals surface area contributed by atoms with Crippen LogP contribution in [0, 0.1) is 0 Å². The lowest BCUT2D eigenvalue weighted by Gasteiger charge is -2.04. The number of nitrogens with one attached hydrogen (secondary N) is 1. The molecule has 0 atom stereocenters. The fraction of sp³-hybridized carbons (Fsp3) is 0. The zero-order chi connectivity index (χ0) is 9.84. The number of phenols is 1. The van der Waals surface area contributed by atoms with Crippen LogP contribution in [0.1, 0.15) is 10.4 Å². The number of carbonyl (C=O) groups excluding carboxylic acids is 2. The zero-order valence-electron chi connectivity index (χ0n) is 6.65. The van der Waals surface area contributed by atoms with Gasteiger partial charge in [-0.1, -0.05) is 6.07 Å². The van der Waals surface area contributed by atoms with Gasteiger partial charge in [0.25, 0.3) is 5.91 Å². The highest BCUT2D eigenvalue weighted by Crippen LogP contribution is 2.26. The van der Waals surface area contributed by atoms with E-state index in [4.69, 9.17) is 5.73 Å². The maximum atomic E-state index is 10.7. The second-order valence-electron chi connectivity index (χ2n) is 2.33. The van der Waals surface area contributed by atoms with Gasteiger partial charge in [0.05, 0.1) is 11.3 Å². The van der Waals surface area contributed by atoms with Crippen LogP contribution in [0.3, 0.4) is 0 Å². The zero-order valence-corrected chi connectivity index (χ0v) is 6.65. The van der Waals surface area contributed by atoms with Crippen LogP contribution in [0.4, 0.5) is 5.69 Å². The molecule has 0 saturated carbocycles. The van der Waals surface area contributed by atoms with Crippen LogP contribution >= 0.6 is 0 Å². The lowest BCUT2D eigenvalue weighted by Crippen LogP contribution is -2.11. The largest absolute Gasteiger partial charge is 0.505 e. The van der Waals surface area contributed by atoms with Gasteiger partial charge >= 0.3 is 0 Å². The maximum Gasteiger partial charge on any atom is 0.252 e. The van der Waals surface area contributed by atoms with E-state index in [-0.39, 0.29) is 17.0 Å². The Labute approximate surface area is 74.2 Å². The average Bonchev–Trinajstić information content (AvgIpc) is 2.08. The SMILES string of the molecule is NC(=O)c1cccc(NC=O)c1O. The molecule has 0 aromatic heterocycles. The van der Waals surface area contributed by atoms with Gasteiger partial charge in [-0.2, -0.15) is 0 Å². The summed E-state index contributed by atoms with van der Waals surface area (Å²) in [6.07, 6.45) is 0.403. The number of aromatic hydroxyl groups is 1. The Morgan fingerprint density at radius 1 is 1.54 bits per heavy atom. The summed E-state index contributed by atoms with van der Waals surface area (Å²) < 4.78 is 0. The minimum Gasteiger partial charge on any atom is -0.505 e. The number of nitrogens with two attached hydrogens (primary N) is 1. The number of rotatable bonds is 3. The van der Waals surface area contributed by atoms with Crippen molar-refractivity contribution in [1.82, 2.24) is 0 Å². The van der Waals surface area contributed by atoms with Crippen molar-refractivity contribution < 1.29 is 14.7 Å². The number of hydrogen-bond donors (Lipinski definition) is 3. The first-order chi connectivity index (χ1) is 6.16. The van der Waals surface area contributed by atoms with Crippen molar-refractivity contribution in [3.8, 4) is 5.75 Å². The van der Waals surface area contributed by atoms with Gasteiger partial charge in [0.2, 0.25) is 6.41 Å². The molecule has 0 saturated heterocycles. The third-order valence-corrected chi connectivity index (χ3v) is 1.52. The van der Waals surface area contributed by atoms with Crippen molar-refractivity contribution in [3.05, 3.63) is 23.8 Å². The van der Waals surface area contributed by atoms with E-state index in [0.29, 0.717) is 6.41 Å². The number of amides is 2. The topological polar surface area (TPSA) is 92.4 Å². The summed E-state index contributed by atoms with van der Waals surface area (Å²) in [4.78, 5) is 20.8. The van der Waals surface area contributed by atoms with Crippen LogP contribution in [0.5, 0.6) is 5.75 Å². The summed E-state index contributed by atoms with van der Waals surface area (Å²) in [7, 11) is 0. The fourth-order valence-corrected chi connectivity index (χ4v) is 0.922. The minimum absolute atomic E-state index is 0.0214. The molecule has 1 rings (SSSR count). The van der Waals surface area contributed by atoms with Crippen molar-refractivity contribution in [2.75, 3.05) is 5.32 Å². The second-order valence-corrected chi connectivity index (χ2v) is 2.33. The highest BCUT2D eigenvalue weighted by Gasteiger charge is 2.10. The van der Waals surface area contributed by atoms with Gasteiger partial charge in [-0.15, -0.1) is 0 Å². The summed E-state index contributed by atoms with van der Waals surface area (Å²) in [5, 5.41) is 11.6. The molecule has 2 amide bonds. The van der Waals surface area contributed by atoms with E-state index in [1.54, 1.807) is 0 Å². The Morgan fingerprint density at radius 2 is 2.23 bits per heavy atom. The third-order valence-electron chi connectivity index (χ3n) is 1.52. The van der Waals surface area contributed by atoms with E-state index in [1.165, 1.54) is 18.2 Å². The molecule has 5 nitrogen and oxygen atoms in total. The molecule has 68 valence electrons. The monoisotopic (exact) mass is 180 g/mol. The number of anilines is 1. The molecule has 5 heteroatoms. The molecule has 0 spiro atoms. The molecular formula is C8H8N2O3. The number of para-hydroxylation sites is 1.